The van der Waals surface area contributed by atoms with Crippen molar-refractivity contribution in [3.63, 3.8) is 0 Å². The van der Waals surface area contributed by atoms with Crippen molar-refractivity contribution in [1.29, 1.82) is 0 Å². The Morgan fingerprint density at radius 1 is 1.08 bits per heavy atom. The standard InChI is InChI=1S/C19H21FN2O3/c1-19(2,3)25-18(24)21-12-13-7-9-14(10-8-13)17(23)22-16-6-4-5-15(20)11-16/h4-11H,12H2,1-3H3,(H,21,24)(H,22,23). The SMILES string of the molecule is CC(C)(C)OC(=O)NCc1ccc(C(=O)Nc2cccc(F)c2)cc1. The molecule has 0 aliphatic rings. The lowest BCUT2D eigenvalue weighted by molar-refractivity contribution is 0.0523. The minimum Gasteiger partial charge on any atom is -0.444 e. The molecule has 0 radical (unpaired) electrons. The summed E-state index contributed by atoms with van der Waals surface area (Å²) < 4.78 is 18.3. The Morgan fingerprint density at radius 2 is 1.76 bits per heavy atom. The predicted octanol–water partition coefficient (Wildman–Crippen LogP) is 4.10. The highest BCUT2D eigenvalue weighted by Gasteiger charge is 2.15. The van der Waals surface area contributed by atoms with Crippen LogP contribution in [0, 0.1) is 5.82 Å². The van der Waals surface area contributed by atoms with Crippen LogP contribution in [0.4, 0.5) is 14.9 Å². The number of amides is 2. The molecule has 2 aromatic carbocycles. The van der Waals surface area contributed by atoms with E-state index in [-0.39, 0.29) is 5.91 Å². The molecule has 0 atom stereocenters. The second-order valence-electron chi connectivity index (χ2n) is 6.52. The number of hydrogen-bond donors (Lipinski definition) is 2. The largest absolute Gasteiger partial charge is 0.444 e. The van der Waals surface area contributed by atoms with Crippen molar-refractivity contribution in [2.24, 2.45) is 0 Å². The van der Waals surface area contributed by atoms with E-state index in [0.717, 1.165) is 5.56 Å². The van der Waals surface area contributed by atoms with Crippen LogP contribution in [0.25, 0.3) is 0 Å². The van der Waals surface area contributed by atoms with E-state index < -0.39 is 17.5 Å². The molecule has 5 nitrogen and oxygen atoms in total. The maximum atomic E-state index is 13.1. The molecular formula is C19H21FN2O3. The summed E-state index contributed by atoms with van der Waals surface area (Å²) in [6.07, 6.45) is -0.500. The lowest BCUT2D eigenvalue weighted by Gasteiger charge is -2.19. The second kappa shape index (κ2) is 7.79. The molecule has 2 aromatic rings. The zero-order valence-corrected chi connectivity index (χ0v) is 14.4. The van der Waals surface area contributed by atoms with E-state index in [4.69, 9.17) is 4.74 Å². The first-order chi connectivity index (χ1) is 11.7. The van der Waals surface area contributed by atoms with Gasteiger partial charge in [-0.1, -0.05) is 18.2 Å². The number of nitrogens with one attached hydrogen (secondary N) is 2. The molecule has 0 saturated carbocycles. The van der Waals surface area contributed by atoms with Crippen LogP contribution in [0.15, 0.2) is 48.5 Å². The van der Waals surface area contributed by atoms with Crippen molar-refractivity contribution in [3.8, 4) is 0 Å². The van der Waals surface area contributed by atoms with Crippen LogP contribution in [0.3, 0.4) is 0 Å². The van der Waals surface area contributed by atoms with Crippen molar-refractivity contribution in [2.75, 3.05) is 5.32 Å². The van der Waals surface area contributed by atoms with Crippen molar-refractivity contribution in [2.45, 2.75) is 32.9 Å². The van der Waals surface area contributed by atoms with Gasteiger partial charge in [0, 0.05) is 17.8 Å². The highest BCUT2D eigenvalue weighted by atomic mass is 19.1. The van der Waals surface area contributed by atoms with Gasteiger partial charge in [-0.3, -0.25) is 4.79 Å². The van der Waals surface area contributed by atoms with Gasteiger partial charge in [0.05, 0.1) is 0 Å². The van der Waals surface area contributed by atoms with Gasteiger partial charge in [-0.05, 0) is 56.7 Å². The quantitative estimate of drug-likeness (QED) is 0.877. The lowest BCUT2D eigenvalue weighted by atomic mass is 10.1. The molecule has 2 amide bonds. The molecule has 2 N–H and O–H groups in total. The summed E-state index contributed by atoms with van der Waals surface area (Å²) in [6, 6.07) is 12.4. The van der Waals surface area contributed by atoms with Gasteiger partial charge >= 0.3 is 6.09 Å². The summed E-state index contributed by atoms with van der Waals surface area (Å²) in [5.41, 5.74) is 1.10. The maximum absolute atomic E-state index is 13.1. The molecule has 0 bridgehead atoms. The second-order valence-corrected chi connectivity index (χ2v) is 6.52. The fourth-order valence-electron chi connectivity index (χ4n) is 2.03. The van der Waals surface area contributed by atoms with E-state index in [1.165, 1.54) is 18.2 Å². The molecule has 2 rings (SSSR count). The van der Waals surface area contributed by atoms with Crippen LogP contribution < -0.4 is 10.6 Å². The molecule has 0 saturated heterocycles. The first kappa shape index (κ1) is 18.4. The van der Waals surface area contributed by atoms with Crippen LogP contribution >= 0.6 is 0 Å². The molecule has 0 aliphatic carbocycles. The average Bonchev–Trinajstić information content (AvgIpc) is 2.52. The number of benzene rings is 2. The number of carbonyl (C=O) groups is 2. The summed E-state index contributed by atoms with van der Waals surface area (Å²) in [5, 5.41) is 5.27. The van der Waals surface area contributed by atoms with Gasteiger partial charge in [-0.25, -0.2) is 9.18 Å². The van der Waals surface area contributed by atoms with Gasteiger partial charge in [0.2, 0.25) is 0 Å². The average molecular weight is 344 g/mol. The van der Waals surface area contributed by atoms with Gasteiger partial charge in [0.1, 0.15) is 11.4 Å². The fourth-order valence-corrected chi connectivity index (χ4v) is 2.03. The summed E-state index contributed by atoms with van der Waals surface area (Å²) in [5.74, 6) is -0.751. The number of hydrogen-bond acceptors (Lipinski definition) is 3. The number of anilines is 1. The van der Waals surface area contributed by atoms with E-state index in [2.05, 4.69) is 10.6 Å². The highest BCUT2D eigenvalue weighted by molar-refractivity contribution is 6.04. The fraction of sp³-hybridized carbons (Fsp3) is 0.263. The Labute approximate surface area is 146 Å². The highest BCUT2D eigenvalue weighted by Crippen LogP contribution is 2.12. The van der Waals surface area contributed by atoms with Crippen molar-refractivity contribution < 1.29 is 18.7 Å². The van der Waals surface area contributed by atoms with Crippen LogP contribution in [0.5, 0.6) is 0 Å². The van der Waals surface area contributed by atoms with Crippen LogP contribution in [-0.4, -0.2) is 17.6 Å². The minimum absolute atomic E-state index is 0.292. The van der Waals surface area contributed by atoms with E-state index in [1.807, 2.05) is 0 Å². The molecule has 0 unspecified atom stereocenters. The van der Waals surface area contributed by atoms with Gasteiger partial charge in [-0.2, -0.15) is 0 Å². The Morgan fingerprint density at radius 3 is 2.36 bits per heavy atom. The summed E-state index contributed by atoms with van der Waals surface area (Å²) in [7, 11) is 0. The van der Waals surface area contributed by atoms with Gasteiger partial charge in [-0.15, -0.1) is 0 Å². The Bertz CT molecular complexity index is 752. The molecule has 0 fully saturated rings. The van der Waals surface area contributed by atoms with Crippen molar-refractivity contribution in [1.82, 2.24) is 5.32 Å². The number of halogens is 1. The monoisotopic (exact) mass is 344 g/mol. The number of ether oxygens (including phenoxy) is 1. The summed E-state index contributed by atoms with van der Waals surface area (Å²) in [6.45, 7) is 5.66. The Hall–Kier alpha value is -2.89. The first-order valence-electron chi connectivity index (χ1n) is 7.86. The van der Waals surface area contributed by atoms with Crippen molar-refractivity contribution in [3.05, 3.63) is 65.5 Å². The summed E-state index contributed by atoms with van der Waals surface area (Å²) >= 11 is 0. The topological polar surface area (TPSA) is 67.4 Å². The molecule has 0 heterocycles. The van der Waals surface area contributed by atoms with Crippen molar-refractivity contribution >= 4 is 17.7 Å². The molecule has 0 aliphatic heterocycles. The molecule has 6 heteroatoms. The molecule has 0 aromatic heterocycles. The zero-order chi connectivity index (χ0) is 18.4. The Kier molecular flexibility index (Phi) is 5.75. The van der Waals surface area contributed by atoms with Crippen LogP contribution in [-0.2, 0) is 11.3 Å². The number of alkyl carbamates (subject to hydrolysis) is 1. The number of carbonyl (C=O) groups excluding carboxylic acids is 2. The third-order valence-electron chi connectivity index (χ3n) is 3.13. The molecule has 132 valence electrons. The first-order valence-corrected chi connectivity index (χ1v) is 7.86. The van der Waals surface area contributed by atoms with Gasteiger partial charge in [0.15, 0.2) is 0 Å². The van der Waals surface area contributed by atoms with Crippen LogP contribution in [0.1, 0.15) is 36.7 Å². The van der Waals surface area contributed by atoms with E-state index in [9.17, 15) is 14.0 Å². The third-order valence-corrected chi connectivity index (χ3v) is 3.13. The minimum atomic E-state index is -0.553. The third kappa shape index (κ3) is 6.25. The molecule has 25 heavy (non-hydrogen) atoms. The zero-order valence-electron chi connectivity index (χ0n) is 14.4. The maximum Gasteiger partial charge on any atom is 0.407 e. The van der Waals surface area contributed by atoms with Gasteiger partial charge < -0.3 is 15.4 Å². The van der Waals surface area contributed by atoms with Crippen LogP contribution in [0.2, 0.25) is 0 Å². The van der Waals surface area contributed by atoms with E-state index in [0.29, 0.717) is 17.8 Å². The number of rotatable bonds is 4. The van der Waals surface area contributed by atoms with E-state index in [1.54, 1.807) is 51.1 Å². The summed E-state index contributed by atoms with van der Waals surface area (Å²) in [4.78, 5) is 23.7. The molecule has 0 spiro atoms. The normalized spacial score (nSPS) is 10.9. The van der Waals surface area contributed by atoms with Gasteiger partial charge in [0.25, 0.3) is 5.91 Å². The lowest BCUT2D eigenvalue weighted by Crippen LogP contribution is -2.32. The Balaban J connectivity index is 1.91. The smallest absolute Gasteiger partial charge is 0.407 e. The molecular weight excluding hydrogens is 323 g/mol. The van der Waals surface area contributed by atoms with E-state index >= 15 is 0 Å². The predicted molar refractivity (Wildman–Crippen MR) is 93.9 cm³/mol.